The molecule has 0 fully saturated rings. The maximum absolute atomic E-state index is 5.30. The minimum Gasteiger partial charge on any atom is -0.277 e. The van der Waals surface area contributed by atoms with Crippen molar-refractivity contribution < 1.29 is 0 Å². The van der Waals surface area contributed by atoms with Crippen LogP contribution in [0.1, 0.15) is 45.2 Å². The standard InChI is InChI=1S/C50H34N4.C7H10.C5H8/c1-50(2)42-28-26-35(30-41(42)44-36-20-11-9-14-31(36)25-29-43(44)50)38-22-13-23-39-40-27-24-32-15-10-12-21-37(32)45(40)54(46(38)39)49-52-47(33-16-5-3-6-17-33)51-48(53-49)34-18-7-4-8-19-34;1-7-5-3-2-4-6-7;1-3-5-4-2/h3-30H,1-2H3;2-5,7H,6H2,1H3;3-5H,1H2,2H3/b;;5-4-. The number of para-hydroxylation sites is 1. The second-order valence-electron chi connectivity index (χ2n) is 17.6. The van der Waals surface area contributed by atoms with Gasteiger partial charge >= 0.3 is 0 Å². The molecule has 0 radical (unpaired) electrons. The second kappa shape index (κ2) is 17.9. The molecule has 4 heteroatoms. The van der Waals surface area contributed by atoms with Crippen LogP contribution in [0.15, 0.2) is 219 Å². The lowest BCUT2D eigenvalue weighted by molar-refractivity contribution is 0.661. The van der Waals surface area contributed by atoms with Crippen molar-refractivity contribution in [3.63, 3.8) is 0 Å². The number of nitrogens with zero attached hydrogens (tertiary/aromatic N) is 4. The Kier molecular flexibility index (Phi) is 11.4. The summed E-state index contributed by atoms with van der Waals surface area (Å²) >= 11 is 0. The van der Waals surface area contributed by atoms with Crippen LogP contribution in [-0.4, -0.2) is 19.5 Å². The van der Waals surface area contributed by atoms with Crippen LogP contribution in [-0.2, 0) is 5.41 Å². The summed E-state index contributed by atoms with van der Waals surface area (Å²) in [5, 5.41) is 7.19. The first kappa shape index (κ1) is 42.0. The molecule has 66 heavy (non-hydrogen) atoms. The normalized spacial score (nSPS) is 14.5. The predicted octanol–water partition coefficient (Wildman–Crippen LogP) is 16.5. The van der Waals surface area contributed by atoms with E-state index in [-0.39, 0.29) is 5.41 Å². The summed E-state index contributed by atoms with van der Waals surface area (Å²) in [6, 6.07) is 60.7. The third-order valence-corrected chi connectivity index (χ3v) is 13.0. The molecule has 4 nitrogen and oxygen atoms in total. The average Bonchev–Trinajstić information content (AvgIpc) is 3.84. The zero-order chi connectivity index (χ0) is 45.2. The van der Waals surface area contributed by atoms with E-state index in [0.29, 0.717) is 17.6 Å². The SMILES string of the molecule is C=C/C=C\C.CC1(C)c2ccc(-c3cccc4c5ccc6ccccc6c5n(-c5nc(-c6ccccc6)nc(-c6ccccc6)n5)c34)cc2-c2c1ccc1ccccc21.CC1C=CC=CC1. The average molecular weight is 853 g/mol. The van der Waals surface area contributed by atoms with E-state index in [9.17, 15) is 0 Å². The van der Waals surface area contributed by atoms with Crippen LogP contribution < -0.4 is 0 Å². The van der Waals surface area contributed by atoms with E-state index in [1.54, 1.807) is 6.08 Å². The van der Waals surface area contributed by atoms with E-state index in [1.807, 2.05) is 55.5 Å². The van der Waals surface area contributed by atoms with Crippen LogP contribution >= 0.6 is 0 Å². The fraction of sp³-hybridized carbons (Fsp3) is 0.113. The van der Waals surface area contributed by atoms with Crippen molar-refractivity contribution in [1.82, 2.24) is 19.5 Å². The molecule has 0 N–H and O–H groups in total. The fourth-order valence-electron chi connectivity index (χ4n) is 9.69. The lowest BCUT2D eigenvalue weighted by Gasteiger charge is -2.21. The van der Waals surface area contributed by atoms with Crippen molar-refractivity contribution in [2.24, 2.45) is 5.92 Å². The lowest BCUT2D eigenvalue weighted by atomic mass is 9.82. The van der Waals surface area contributed by atoms with Gasteiger partial charge in [0.05, 0.1) is 11.0 Å². The van der Waals surface area contributed by atoms with Crippen LogP contribution in [0.3, 0.4) is 0 Å². The van der Waals surface area contributed by atoms with E-state index in [4.69, 9.17) is 15.0 Å². The Bertz CT molecular complexity index is 3460. The molecule has 2 aliphatic carbocycles. The first-order chi connectivity index (χ1) is 32.4. The molecular weight excluding hydrogens is 801 g/mol. The number of hydrogen-bond acceptors (Lipinski definition) is 3. The number of rotatable bonds is 5. The maximum Gasteiger partial charge on any atom is 0.238 e. The Labute approximate surface area is 387 Å². The molecule has 0 spiro atoms. The summed E-state index contributed by atoms with van der Waals surface area (Å²) in [6.45, 7) is 12.4. The highest BCUT2D eigenvalue weighted by molar-refractivity contribution is 6.21. The number of fused-ring (bicyclic) bond motifs is 10. The summed E-state index contributed by atoms with van der Waals surface area (Å²) in [5.74, 6) is 2.63. The Morgan fingerprint density at radius 1 is 0.561 bits per heavy atom. The van der Waals surface area contributed by atoms with Crippen molar-refractivity contribution in [2.45, 2.75) is 39.5 Å². The predicted molar refractivity (Wildman–Crippen MR) is 280 cm³/mol. The zero-order valence-electron chi connectivity index (χ0n) is 38.0. The minimum atomic E-state index is -0.112. The van der Waals surface area contributed by atoms with Gasteiger partial charge in [0.2, 0.25) is 5.95 Å². The van der Waals surface area contributed by atoms with Crippen molar-refractivity contribution in [3.05, 3.63) is 230 Å². The van der Waals surface area contributed by atoms with Crippen LogP contribution in [0.25, 0.3) is 94.3 Å². The largest absolute Gasteiger partial charge is 0.277 e. The highest BCUT2D eigenvalue weighted by Crippen LogP contribution is 2.52. The Morgan fingerprint density at radius 3 is 1.79 bits per heavy atom. The highest BCUT2D eigenvalue weighted by atomic mass is 15.2. The summed E-state index contributed by atoms with van der Waals surface area (Å²) < 4.78 is 2.30. The van der Waals surface area contributed by atoms with Gasteiger partial charge in [-0.25, -0.2) is 4.98 Å². The van der Waals surface area contributed by atoms with Crippen molar-refractivity contribution in [1.29, 1.82) is 0 Å². The van der Waals surface area contributed by atoms with Gasteiger partial charge in [-0.1, -0.05) is 234 Å². The van der Waals surface area contributed by atoms with Gasteiger partial charge in [-0.3, -0.25) is 4.57 Å². The van der Waals surface area contributed by atoms with Crippen molar-refractivity contribution in [2.75, 3.05) is 0 Å². The van der Waals surface area contributed by atoms with Crippen LogP contribution in [0.5, 0.6) is 0 Å². The molecule has 1 unspecified atom stereocenters. The molecule has 320 valence electrons. The van der Waals surface area contributed by atoms with Crippen LogP contribution in [0.2, 0.25) is 0 Å². The first-order valence-electron chi connectivity index (χ1n) is 22.9. The maximum atomic E-state index is 5.30. The Morgan fingerprint density at radius 2 is 1.17 bits per heavy atom. The number of hydrogen-bond donors (Lipinski definition) is 0. The van der Waals surface area contributed by atoms with Gasteiger partial charge in [0, 0.05) is 38.3 Å². The van der Waals surface area contributed by atoms with Gasteiger partial charge in [-0.2, -0.15) is 9.97 Å². The second-order valence-corrected chi connectivity index (χ2v) is 17.6. The van der Waals surface area contributed by atoms with Gasteiger partial charge in [0.25, 0.3) is 0 Å². The zero-order valence-corrected chi connectivity index (χ0v) is 38.0. The summed E-state index contributed by atoms with van der Waals surface area (Å²) in [4.78, 5) is 15.6. The highest BCUT2D eigenvalue weighted by Gasteiger charge is 2.36. The van der Waals surface area contributed by atoms with Gasteiger partial charge in [-0.05, 0) is 69.3 Å². The van der Waals surface area contributed by atoms with E-state index >= 15 is 0 Å². The molecule has 0 saturated carbocycles. The molecule has 1 atom stereocenters. The smallest absolute Gasteiger partial charge is 0.238 e. The summed E-state index contributed by atoms with van der Waals surface area (Å²) in [7, 11) is 0. The number of allylic oxidation sites excluding steroid dienone is 7. The van der Waals surface area contributed by atoms with E-state index in [2.05, 4.69) is 190 Å². The fourth-order valence-corrected chi connectivity index (χ4v) is 9.69. The van der Waals surface area contributed by atoms with Crippen LogP contribution in [0.4, 0.5) is 0 Å². The Hall–Kier alpha value is -7.95. The van der Waals surface area contributed by atoms with Gasteiger partial charge in [0.15, 0.2) is 11.6 Å². The molecule has 2 aromatic heterocycles. The first-order valence-corrected chi connectivity index (χ1v) is 22.9. The number of benzene rings is 8. The van der Waals surface area contributed by atoms with Gasteiger partial charge in [-0.15, -0.1) is 0 Å². The van der Waals surface area contributed by atoms with E-state index in [1.165, 1.54) is 44.8 Å². The van der Waals surface area contributed by atoms with Gasteiger partial charge < -0.3 is 0 Å². The molecule has 8 aromatic carbocycles. The summed E-state index contributed by atoms with van der Waals surface area (Å²) in [5.41, 5.74) is 11.6. The van der Waals surface area contributed by atoms with Crippen molar-refractivity contribution >= 4 is 43.4 Å². The molecule has 12 rings (SSSR count). The minimum absolute atomic E-state index is 0.112. The summed E-state index contributed by atoms with van der Waals surface area (Å²) in [6.07, 6.45) is 15.4. The number of aromatic nitrogens is 4. The molecule has 2 aliphatic rings. The van der Waals surface area contributed by atoms with Crippen molar-refractivity contribution in [3.8, 4) is 51.0 Å². The molecule has 0 saturated heterocycles. The van der Waals surface area contributed by atoms with Gasteiger partial charge in [0.1, 0.15) is 0 Å². The lowest BCUT2D eigenvalue weighted by Crippen LogP contribution is -2.14. The Balaban J connectivity index is 0.000000376. The molecular formula is C62H52N4. The molecule has 10 aromatic rings. The molecule has 0 aliphatic heterocycles. The topological polar surface area (TPSA) is 43.6 Å². The van der Waals surface area contributed by atoms with E-state index in [0.717, 1.165) is 55.4 Å². The molecule has 2 heterocycles. The van der Waals surface area contributed by atoms with E-state index < -0.39 is 0 Å². The molecule has 0 bridgehead atoms. The monoisotopic (exact) mass is 852 g/mol. The van der Waals surface area contributed by atoms with Crippen LogP contribution in [0, 0.1) is 5.92 Å². The molecule has 0 amide bonds. The third kappa shape index (κ3) is 7.65. The third-order valence-electron chi connectivity index (χ3n) is 13.0. The quantitative estimate of drug-likeness (QED) is 0.162.